The van der Waals surface area contributed by atoms with Crippen LogP contribution in [-0.2, 0) is 17.6 Å². The van der Waals surface area contributed by atoms with Crippen molar-refractivity contribution in [2.75, 3.05) is 0 Å². The number of aryl methyl sites for hydroxylation is 2. The van der Waals surface area contributed by atoms with E-state index in [9.17, 15) is 4.79 Å². The maximum Gasteiger partial charge on any atom is 0.308 e. The summed E-state index contributed by atoms with van der Waals surface area (Å²) in [4.78, 5) is 10.7. The van der Waals surface area contributed by atoms with Crippen LogP contribution in [0.2, 0.25) is 0 Å². The first-order valence-electron chi connectivity index (χ1n) is 4.56. The molecule has 0 heterocycles. The third-order valence-electron chi connectivity index (χ3n) is 2.33. The summed E-state index contributed by atoms with van der Waals surface area (Å²) in [5.41, 5.74) is 2.73. The molecule has 13 heavy (non-hydrogen) atoms. The topological polar surface area (TPSA) is 26.3 Å². The summed E-state index contributed by atoms with van der Waals surface area (Å²) in [7, 11) is 0. The molecule has 2 nitrogen and oxygen atoms in total. The van der Waals surface area contributed by atoms with Crippen molar-refractivity contribution in [3.8, 4) is 5.75 Å². The van der Waals surface area contributed by atoms with Gasteiger partial charge < -0.3 is 4.74 Å². The minimum atomic E-state index is -0.252. The Kier molecular flexibility index (Phi) is 2.05. The van der Waals surface area contributed by atoms with Crippen LogP contribution in [0.15, 0.2) is 18.2 Å². The van der Waals surface area contributed by atoms with Crippen molar-refractivity contribution < 1.29 is 9.53 Å². The average molecular weight is 176 g/mol. The first-order valence-corrected chi connectivity index (χ1v) is 4.56. The van der Waals surface area contributed by atoms with Crippen molar-refractivity contribution in [3.63, 3.8) is 0 Å². The van der Waals surface area contributed by atoms with E-state index in [1.54, 1.807) is 0 Å². The lowest BCUT2D eigenvalue weighted by molar-refractivity contribution is -0.131. The molecule has 1 aliphatic carbocycles. The van der Waals surface area contributed by atoms with Gasteiger partial charge in [-0.3, -0.25) is 4.79 Å². The Morgan fingerprint density at radius 2 is 2.08 bits per heavy atom. The van der Waals surface area contributed by atoms with E-state index in [1.807, 2.05) is 12.1 Å². The number of hydrogen-bond donors (Lipinski definition) is 0. The number of hydrogen-bond acceptors (Lipinski definition) is 2. The molecule has 0 fully saturated rings. The van der Waals surface area contributed by atoms with Gasteiger partial charge in [0.05, 0.1) is 0 Å². The van der Waals surface area contributed by atoms with E-state index in [2.05, 4.69) is 6.07 Å². The largest absolute Gasteiger partial charge is 0.427 e. The predicted octanol–water partition coefficient (Wildman–Crippen LogP) is 2.10. The molecule has 2 heteroatoms. The molecule has 68 valence electrons. The molecule has 0 amide bonds. The summed E-state index contributed by atoms with van der Waals surface area (Å²) in [5.74, 6) is 0.422. The molecule has 0 aliphatic heterocycles. The Hall–Kier alpha value is -1.31. The maximum atomic E-state index is 10.7. The molecule has 0 N–H and O–H groups in total. The van der Waals surface area contributed by atoms with Crippen molar-refractivity contribution in [2.45, 2.75) is 26.2 Å². The smallest absolute Gasteiger partial charge is 0.308 e. The van der Waals surface area contributed by atoms with Gasteiger partial charge in [-0.2, -0.15) is 0 Å². The Bertz CT molecular complexity index is 342. The van der Waals surface area contributed by atoms with E-state index in [-0.39, 0.29) is 5.97 Å². The van der Waals surface area contributed by atoms with Crippen molar-refractivity contribution in [1.82, 2.24) is 0 Å². The number of rotatable bonds is 1. The molecule has 1 aromatic rings. The molecule has 0 bridgehead atoms. The van der Waals surface area contributed by atoms with E-state index >= 15 is 0 Å². The second kappa shape index (κ2) is 3.21. The van der Waals surface area contributed by atoms with Crippen molar-refractivity contribution in [3.05, 3.63) is 29.3 Å². The highest BCUT2D eigenvalue weighted by molar-refractivity contribution is 5.69. The molecule has 0 saturated heterocycles. The second-order valence-corrected chi connectivity index (χ2v) is 3.38. The fourth-order valence-corrected chi connectivity index (χ4v) is 1.78. The summed E-state index contributed by atoms with van der Waals surface area (Å²) >= 11 is 0. The minimum absolute atomic E-state index is 0.252. The SMILES string of the molecule is CC(=O)Oc1ccc2c(c1)CCC2. The van der Waals surface area contributed by atoms with Crippen molar-refractivity contribution in [2.24, 2.45) is 0 Å². The summed E-state index contributed by atoms with van der Waals surface area (Å²) in [6, 6.07) is 5.90. The third-order valence-corrected chi connectivity index (χ3v) is 2.33. The molecular weight excluding hydrogens is 164 g/mol. The van der Waals surface area contributed by atoms with Crippen molar-refractivity contribution >= 4 is 5.97 Å². The zero-order chi connectivity index (χ0) is 9.26. The molecule has 0 aromatic heterocycles. The van der Waals surface area contributed by atoms with Crippen molar-refractivity contribution in [1.29, 1.82) is 0 Å². The first-order chi connectivity index (χ1) is 6.25. The van der Waals surface area contributed by atoms with Crippen LogP contribution in [-0.4, -0.2) is 5.97 Å². The Morgan fingerprint density at radius 3 is 2.85 bits per heavy atom. The van der Waals surface area contributed by atoms with Gasteiger partial charge in [0, 0.05) is 6.92 Å². The fourth-order valence-electron chi connectivity index (χ4n) is 1.78. The summed E-state index contributed by atoms with van der Waals surface area (Å²) < 4.78 is 5.00. The molecule has 0 saturated carbocycles. The van der Waals surface area contributed by atoms with Gasteiger partial charge in [0.25, 0.3) is 0 Å². The van der Waals surface area contributed by atoms with E-state index in [0.29, 0.717) is 5.75 Å². The predicted molar refractivity (Wildman–Crippen MR) is 49.8 cm³/mol. The molecule has 1 aliphatic rings. The molecule has 0 atom stereocenters. The van der Waals surface area contributed by atoms with Crippen LogP contribution in [0.5, 0.6) is 5.75 Å². The number of ether oxygens (including phenoxy) is 1. The van der Waals surface area contributed by atoms with Crippen LogP contribution in [0, 0.1) is 0 Å². The number of esters is 1. The average Bonchev–Trinajstić information content (AvgIpc) is 2.49. The van der Waals surface area contributed by atoms with Gasteiger partial charge in [0.15, 0.2) is 0 Å². The van der Waals surface area contributed by atoms with Gasteiger partial charge in [0.2, 0.25) is 0 Å². The van der Waals surface area contributed by atoms with Gasteiger partial charge in [-0.15, -0.1) is 0 Å². The third kappa shape index (κ3) is 1.72. The van der Waals surface area contributed by atoms with E-state index in [0.717, 1.165) is 12.8 Å². The zero-order valence-corrected chi connectivity index (χ0v) is 7.67. The monoisotopic (exact) mass is 176 g/mol. The van der Waals surface area contributed by atoms with Gasteiger partial charge >= 0.3 is 5.97 Å². The quantitative estimate of drug-likeness (QED) is 0.484. The lowest BCUT2D eigenvalue weighted by Crippen LogP contribution is -2.01. The van der Waals surface area contributed by atoms with Gasteiger partial charge in [-0.25, -0.2) is 0 Å². The Balaban J connectivity index is 2.25. The molecule has 2 rings (SSSR count). The zero-order valence-electron chi connectivity index (χ0n) is 7.67. The van der Waals surface area contributed by atoms with Crippen LogP contribution in [0.4, 0.5) is 0 Å². The summed E-state index contributed by atoms with van der Waals surface area (Å²) in [6.45, 7) is 1.42. The number of benzene rings is 1. The van der Waals surface area contributed by atoms with Gasteiger partial charge in [0.1, 0.15) is 5.75 Å². The van der Waals surface area contributed by atoms with Gasteiger partial charge in [-0.05, 0) is 42.5 Å². The van der Waals surface area contributed by atoms with E-state index in [4.69, 9.17) is 4.74 Å². The lowest BCUT2D eigenvalue weighted by Gasteiger charge is -2.03. The Morgan fingerprint density at radius 1 is 1.31 bits per heavy atom. The minimum Gasteiger partial charge on any atom is -0.427 e. The standard InChI is InChI=1S/C11H12O2/c1-8(12)13-11-6-5-9-3-2-4-10(9)7-11/h5-7H,2-4H2,1H3. The molecule has 0 radical (unpaired) electrons. The van der Waals surface area contributed by atoms with Crippen LogP contribution in [0.3, 0.4) is 0 Å². The highest BCUT2D eigenvalue weighted by Gasteiger charge is 2.11. The number of fused-ring (bicyclic) bond motifs is 1. The fraction of sp³-hybridized carbons (Fsp3) is 0.364. The molecule has 1 aromatic carbocycles. The molecular formula is C11H12O2. The first kappa shape index (κ1) is 8.30. The van der Waals surface area contributed by atoms with E-state index < -0.39 is 0 Å². The number of carbonyl (C=O) groups excluding carboxylic acids is 1. The normalized spacial score (nSPS) is 13.9. The second-order valence-electron chi connectivity index (χ2n) is 3.38. The Labute approximate surface area is 77.5 Å². The number of carbonyl (C=O) groups is 1. The van der Waals surface area contributed by atoms with Crippen LogP contribution >= 0.6 is 0 Å². The van der Waals surface area contributed by atoms with Crippen LogP contribution in [0.25, 0.3) is 0 Å². The van der Waals surface area contributed by atoms with Crippen LogP contribution in [0.1, 0.15) is 24.5 Å². The molecule has 0 unspecified atom stereocenters. The maximum absolute atomic E-state index is 10.7. The van der Waals surface area contributed by atoms with Crippen LogP contribution < -0.4 is 4.74 Å². The molecule has 0 spiro atoms. The summed E-state index contributed by atoms with van der Waals surface area (Å²) in [6.07, 6.45) is 3.50. The lowest BCUT2D eigenvalue weighted by atomic mass is 10.1. The highest BCUT2D eigenvalue weighted by Crippen LogP contribution is 2.25. The van der Waals surface area contributed by atoms with Gasteiger partial charge in [-0.1, -0.05) is 6.07 Å². The highest BCUT2D eigenvalue weighted by atomic mass is 16.5. The summed E-state index contributed by atoms with van der Waals surface area (Å²) in [5, 5.41) is 0. The van der Waals surface area contributed by atoms with E-state index in [1.165, 1.54) is 24.5 Å².